The van der Waals surface area contributed by atoms with Gasteiger partial charge in [0.25, 0.3) is 0 Å². The Hall–Kier alpha value is -1.60. The molecule has 0 amide bonds. The van der Waals surface area contributed by atoms with Crippen LogP contribution in [-0.4, -0.2) is 29.0 Å². The van der Waals surface area contributed by atoms with Crippen molar-refractivity contribution in [2.75, 3.05) is 24.7 Å². The first-order chi connectivity index (χ1) is 9.45. The van der Waals surface area contributed by atoms with Crippen LogP contribution in [0.1, 0.15) is 5.82 Å². The predicted octanol–water partition coefficient (Wildman–Crippen LogP) is 2.51. The van der Waals surface area contributed by atoms with E-state index < -0.39 is 0 Å². The van der Waals surface area contributed by atoms with Crippen LogP contribution in [-0.2, 0) is 6.61 Å². The molecule has 0 saturated carbocycles. The number of anilines is 2. The minimum absolute atomic E-state index is 0.157. The molecule has 0 fully saturated rings. The number of ether oxygens (including phenoxy) is 1. The molecule has 0 aliphatic carbocycles. The van der Waals surface area contributed by atoms with Gasteiger partial charge in [0.15, 0.2) is 5.82 Å². The van der Waals surface area contributed by atoms with Crippen LogP contribution in [0.5, 0.6) is 5.75 Å². The smallest absolute Gasteiger partial charge is 0.230 e. The van der Waals surface area contributed by atoms with Gasteiger partial charge in [-0.05, 0) is 18.2 Å². The van der Waals surface area contributed by atoms with Crippen LogP contribution < -0.4 is 15.4 Å². The van der Waals surface area contributed by atoms with E-state index in [4.69, 9.17) is 22.1 Å². The van der Waals surface area contributed by atoms with E-state index in [2.05, 4.69) is 30.9 Å². The van der Waals surface area contributed by atoms with E-state index >= 15 is 0 Å². The third kappa shape index (κ3) is 3.71. The lowest BCUT2D eigenvalue weighted by Gasteiger charge is -2.12. The first-order valence-corrected chi connectivity index (χ1v) is 6.88. The largest absolute Gasteiger partial charge is 0.484 e. The molecule has 0 spiro atoms. The monoisotopic (exact) mass is 357 g/mol. The van der Waals surface area contributed by atoms with Crippen LogP contribution in [0.3, 0.4) is 0 Å². The number of nitrogen functional groups attached to an aromatic ring is 1. The Bertz CT molecular complexity index is 623. The van der Waals surface area contributed by atoms with Gasteiger partial charge in [0.1, 0.15) is 12.4 Å². The van der Waals surface area contributed by atoms with E-state index in [9.17, 15) is 0 Å². The lowest BCUT2D eigenvalue weighted by Crippen LogP contribution is -2.16. The van der Waals surface area contributed by atoms with E-state index in [1.807, 2.05) is 20.2 Å². The quantitative estimate of drug-likeness (QED) is 0.905. The van der Waals surface area contributed by atoms with Crippen molar-refractivity contribution in [1.29, 1.82) is 0 Å². The topological polar surface area (TPSA) is 77.2 Å². The number of rotatable bonds is 4. The minimum atomic E-state index is 0.157. The first-order valence-electron chi connectivity index (χ1n) is 5.71. The van der Waals surface area contributed by atoms with Gasteiger partial charge in [-0.15, -0.1) is 0 Å². The number of hydrogen-bond donors (Lipinski definition) is 1. The molecule has 1 aromatic heterocycles. The van der Waals surface area contributed by atoms with Crippen molar-refractivity contribution in [3.05, 3.63) is 33.5 Å². The van der Waals surface area contributed by atoms with E-state index in [1.165, 1.54) is 0 Å². The van der Waals surface area contributed by atoms with Gasteiger partial charge < -0.3 is 15.4 Å². The number of hydrogen-bond acceptors (Lipinski definition) is 6. The molecule has 6 nitrogen and oxygen atoms in total. The summed E-state index contributed by atoms with van der Waals surface area (Å²) in [7, 11) is 3.65. The number of nitrogens with two attached hydrogens (primary N) is 1. The molecule has 0 aliphatic heterocycles. The van der Waals surface area contributed by atoms with Crippen LogP contribution >= 0.6 is 27.5 Å². The zero-order valence-corrected chi connectivity index (χ0v) is 13.3. The summed E-state index contributed by atoms with van der Waals surface area (Å²) < 4.78 is 6.47. The summed E-state index contributed by atoms with van der Waals surface area (Å²) in [5, 5.41) is 0.509. The minimum Gasteiger partial charge on any atom is -0.484 e. The molecule has 2 aromatic rings. The second-order valence-electron chi connectivity index (χ2n) is 4.17. The van der Waals surface area contributed by atoms with Gasteiger partial charge in [-0.3, -0.25) is 0 Å². The normalized spacial score (nSPS) is 10.4. The number of halogens is 2. The zero-order valence-electron chi connectivity index (χ0n) is 11.0. The fourth-order valence-electron chi connectivity index (χ4n) is 1.42. The van der Waals surface area contributed by atoms with Gasteiger partial charge in [-0.2, -0.15) is 15.0 Å². The standard InChI is InChI=1S/C12H13BrClN5O/c1-19(2)12-17-10(16-11(15)18-12)6-20-9-4-3-7(13)5-8(9)14/h3-5H,6H2,1-2H3,(H2,15,16,17,18). The van der Waals surface area contributed by atoms with Crippen LogP contribution in [0.4, 0.5) is 11.9 Å². The zero-order chi connectivity index (χ0) is 14.7. The lowest BCUT2D eigenvalue weighted by molar-refractivity contribution is 0.296. The molecule has 0 atom stereocenters. The molecule has 0 unspecified atom stereocenters. The van der Waals surface area contributed by atoms with Crippen molar-refractivity contribution < 1.29 is 4.74 Å². The highest BCUT2D eigenvalue weighted by molar-refractivity contribution is 9.10. The van der Waals surface area contributed by atoms with Crippen molar-refractivity contribution in [3.8, 4) is 5.75 Å². The molecule has 0 aliphatic rings. The summed E-state index contributed by atoms with van der Waals surface area (Å²) in [4.78, 5) is 14.0. The average molecular weight is 359 g/mol. The van der Waals surface area contributed by atoms with Gasteiger partial charge in [0, 0.05) is 18.6 Å². The maximum atomic E-state index is 6.07. The second kappa shape index (κ2) is 6.23. The van der Waals surface area contributed by atoms with Crippen molar-refractivity contribution in [1.82, 2.24) is 15.0 Å². The summed E-state index contributed by atoms with van der Waals surface area (Å²) in [6.45, 7) is 0.162. The summed E-state index contributed by atoms with van der Waals surface area (Å²) in [6, 6.07) is 5.36. The highest BCUT2D eigenvalue weighted by Crippen LogP contribution is 2.28. The SMILES string of the molecule is CN(C)c1nc(N)nc(COc2ccc(Br)cc2Cl)n1. The van der Waals surface area contributed by atoms with Gasteiger partial charge in [-0.25, -0.2) is 0 Å². The molecule has 20 heavy (non-hydrogen) atoms. The van der Waals surface area contributed by atoms with Gasteiger partial charge >= 0.3 is 0 Å². The number of benzene rings is 1. The maximum Gasteiger partial charge on any atom is 0.230 e. The summed E-state index contributed by atoms with van der Waals surface area (Å²) in [5.41, 5.74) is 5.64. The molecular weight excluding hydrogens is 346 g/mol. The second-order valence-corrected chi connectivity index (χ2v) is 5.49. The Morgan fingerprint density at radius 3 is 2.70 bits per heavy atom. The molecule has 2 N–H and O–H groups in total. The highest BCUT2D eigenvalue weighted by Gasteiger charge is 2.08. The third-order valence-corrected chi connectivity index (χ3v) is 3.13. The fourth-order valence-corrected chi connectivity index (χ4v) is 2.15. The Morgan fingerprint density at radius 1 is 1.30 bits per heavy atom. The van der Waals surface area contributed by atoms with E-state index in [0.717, 1.165) is 4.47 Å². The summed E-state index contributed by atoms with van der Waals surface area (Å²) >= 11 is 9.40. The molecule has 0 saturated heterocycles. The van der Waals surface area contributed by atoms with E-state index in [-0.39, 0.29) is 12.6 Å². The molecule has 2 rings (SSSR count). The van der Waals surface area contributed by atoms with Gasteiger partial charge in [0.2, 0.25) is 11.9 Å². The highest BCUT2D eigenvalue weighted by atomic mass is 79.9. The molecular formula is C12H13BrClN5O. The van der Waals surface area contributed by atoms with Crippen LogP contribution in [0.15, 0.2) is 22.7 Å². The third-order valence-electron chi connectivity index (χ3n) is 2.34. The van der Waals surface area contributed by atoms with E-state index in [0.29, 0.717) is 22.5 Å². The summed E-state index contributed by atoms with van der Waals surface area (Å²) in [5.74, 6) is 1.64. The van der Waals surface area contributed by atoms with Crippen molar-refractivity contribution in [2.45, 2.75) is 6.61 Å². The first kappa shape index (κ1) is 14.8. The van der Waals surface area contributed by atoms with Crippen LogP contribution in [0.25, 0.3) is 0 Å². The van der Waals surface area contributed by atoms with Crippen molar-refractivity contribution in [3.63, 3.8) is 0 Å². The Kier molecular flexibility index (Phi) is 4.61. The van der Waals surface area contributed by atoms with Gasteiger partial charge in [0.05, 0.1) is 5.02 Å². The van der Waals surface area contributed by atoms with Crippen LogP contribution in [0.2, 0.25) is 5.02 Å². The number of nitrogens with zero attached hydrogens (tertiary/aromatic N) is 4. The Morgan fingerprint density at radius 2 is 2.05 bits per heavy atom. The van der Waals surface area contributed by atoms with Crippen LogP contribution in [0, 0.1) is 0 Å². The predicted molar refractivity (Wildman–Crippen MR) is 82.1 cm³/mol. The van der Waals surface area contributed by atoms with E-state index in [1.54, 1.807) is 17.0 Å². The number of aromatic nitrogens is 3. The fraction of sp³-hybridized carbons (Fsp3) is 0.250. The van der Waals surface area contributed by atoms with Crippen molar-refractivity contribution >= 4 is 39.4 Å². The molecule has 0 radical (unpaired) electrons. The molecule has 1 aromatic carbocycles. The average Bonchev–Trinajstić information content (AvgIpc) is 2.37. The van der Waals surface area contributed by atoms with Crippen molar-refractivity contribution in [2.24, 2.45) is 0 Å². The Labute approximate surface area is 130 Å². The summed E-state index contributed by atoms with van der Waals surface area (Å²) in [6.07, 6.45) is 0. The van der Waals surface area contributed by atoms with Gasteiger partial charge in [-0.1, -0.05) is 27.5 Å². The molecule has 1 heterocycles. The Balaban J connectivity index is 2.14. The molecule has 0 bridgehead atoms. The molecule has 8 heteroatoms. The maximum absolute atomic E-state index is 6.07. The lowest BCUT2D eigenvalue weighted by atomic mass is 10.3. The molecule has 106 valence electrons.